The number of carbonyl (C=O) groups is 1. The Balaban J connectivity index is 1.96. The van der Waals surface area contributed by atoms with E-state index in [4.69, 9.17) is 11.6 Å². The molecule has 3 heteroatoms. The van der Waals surface area contributed by atoms with Crippen LogP contribution in [-0.4, -0.2) is 17.3 Å². The Morgan fingerprint density at radius 1 is 1.29 bits per heavy atom. The highest BCUT2D eigenvalue weighted by molar-refractivity contribution is 6.18. The summed E-state index contributed by atoms with van der Waals surface area (Å²) in [4.78, 5) is 12.4. The fourth-order valence-electron chi connectivity index (χ4n) is 3.57. The van der Waals surface area contributed by atoms with Gasteiger partial charge in [0.05, 0.1) is 5.54 Å². The minimum Gasteiger partial charge on any atom is -0.349 e. The van der Waals surface area contributed by atoms with Crippen molar-refractivity contribution in [1.82, 2.24) is 5.32 Å². The second kappa shape index (κ2) is 5.17. The van der Waals surface area contributed by atoms with Crippen LogP contribution in [0.25, 0.3) is 0 Å². The molecular weight excluding hydrogens is 234 g/mol. The Morgan fingerprint density at radius 2 is 2.00 bits per heavy atom. The van der Waals surface area contributed by atoms with Crippen LogP contribution in [0.1, 0.15) is 52.4 Å². The van der Waals surface area contributed by atoms with E-state index in [0.717, 1.165) is 25.2 Å². The van der Waals surface area contributed by atoms with Gasteiger partial charge in [-0.1, -0.05) is 20.3 Å². The van der Waals surface area contributed by atoms with Gasteiger partial charge in [0, 0.05) is 11.8 Å². The average Bonchev–Trinajstić information content (AvgIpc) is 2.98. The first-order valence-corrected chi connectivity index (χ1v) is 7.55. The Kier molecular flexibility index (Phi) is 4.02. The van der Waals surface area contributed by atoms with E-state index >= 15 is 0 Å². The molecule has 2 bridgehead atoms. The molecule has 0 aromatic carbocycles. The average molecular weight is 258 g/mol. The minimum atomic E-state index is -0.180. The maximum absolute atomic E-state index is 12.4. The number of hydrogen-bond acceptors (Lipinski definition) is 1. The summed E-state index contributed by atoms with van der Waals surface area (Å²) < 4.78 is 0. The first kappa shape index (κ1) is 13.2. The van der Waals surface area contributed by atoms with E-state index in [2.05, 4.69) is 19.2 Å². The summed E-state index contributed by atoms with van der Waals surface area (Å²) >= 11 is 6.04. The molecule has 2 rings (SSSR count). The molecule has 0 heterocycles. The van der Waals surface area contributed by atoms with E-state index in [1.165, 1.54) is 19.3 Å². The lowest BCUT2D eigenvalue weighted by atomic mass is 9.86. The van der Waals surface area contributed by atoms with Gasteiger partial charge in [-0.3, -0.25) is 4.79 Å². The number of halogens is 1. The number of alkyl halides is 1. The topological polar surface area (TPSA) is 29.1 Å². The Bertz CT molecular complexity index is 280. The van der Waals surface area contributed by atoms with Crippen molar-refractivity contribution in [2.75, 3.05) is 5.88 Å². The highest BCUT2D eigenvalue weighted by atomic mass is 35.5. The molecule has 2 saturated carbocycles. The van der Waals surface area contributed by atoms with Crippen LogP contribution in [0, 0.1) is 17.8 Å². The van der Waals surface area contributed by atoms with Gasteiger partial charge in [-0.15, -0.1) is 11.6 Å². The molecule has 0 aromatic heterocycles. The SMILES string of the molecule is CCC(CC)(CCl)NC(=O)C1CC2CCC1C2. The van der Waals surface area contributed by atoms with Crippen molar-refractivity contribution in [2.45, 2.75) is 57.9 Å². The van der Waals surface area contributed by atoms with Crippen LogP contribution in [0.2, 0.25) is 0 Å². The van der Waals surface area contributed by atoms with Gasteiger partial charge >= 0.3 is 0 Å². The lowest BCUT2D eigenvalue weighted by Gasteiger charge is -2.33. The van der Waals surface area contributed by atoms with Crippen molar-refractivity contribution < 1.29 is 4.79 Å². The first-order valence-electron chi connectivity index (χ1n) is 7.02. The molecule has 2 nitrogen and oxygen atoms in total. The third-order valence-corrected chi connectivity index (χ3v) is 5.58. The van der Waals surface area contributed by atoms with E-state index in [1.807, 2.05) is 0 Å². The summed E-state index contributed by atoms with van der Waals surface area (Å²) in [7, 11) is 0. The predicted molar refractivity (Wildman–Crippen MR) is 71.1 cm³/mol. The van der Waals surface area contributed by atoms with Gasteiger partial charge in [-0.2, -0.15) is 0 Å². The molecule has 0 radical (unpaired) electrons. The quantitative estimate of drug-likeness (QED) is 0.752. The van der Waals surface area contributed by atoms with Gasteiger partial charge in [-0.05, 0) is 43.9 Å². The van der Waals surface area contributed by atoms with E-state index in [-0.39, 0.29) is 17.4 Å². The molecular formula is C14H24ClNO. The molecule has 0 spiro atoms. The highest BCUT2D eigenvalue weighted by Crippen LogP contribution is 2.48. The van der Waals surface area contributed by atoms with E-state index in [0.29, 0.717) is 11.8 Å². The van der Waals surface area contributed by atoms with Crippen molar-refractivity contribution in [3.8, 4) is 0 Å². The van der Waals surface area contributed by atoms with Crippen LogP contribution in [-0.2, 0) is 4.79 Å². The zero-order chi connectivity index (χ0) is 12.5. The maximum atomic E-state index is 12.4. The predicted octanol–water partition coefficient (Wildman–Crippen LogP) is 3.34. The summed E-state index contributed by atoms with van der Waals surface area (Å²) in [6.45, 7) is 4.21. The number of hydrogen-bond donors (Lipinski definition) is 1. The third kappa shape index (κ3) is 2.47. The molecule has 1 N–H and O–H groups in total. The fourth-order valence-corrected chi connectivity index (χ4v) is 4.01. The third-order valence-electron chi connectivity index (χ3n) is 5.07. The van der Waals surface area contributed by atoms with Crippen molar-refractivity contribution in [2.24, 2.45) is 17.8 Å². The highest BCUT2D eigenvalue weighted by Gasteiger charge is 2.44. The second-order valence-corrected chi connectivity index (χ2v) is 6.16. The second-order valence-electron chi connectivity index (χ2n) is 5.89. The molecule has 2 fully saturated rings. The monoisotopic (exact) mass is 257 g/mol. The van der Waals surface area contributed by atoms with Crippen LogP contribution in [0.5, 0.6) is 0 Å². The summed E-state index contributed by atoms with van der Waals surface area (Å²) in [5, 5.41) is 3.24. The van der Waals surface area contributed by atoms with Gasteiger partial charge in [-0.25, -0.2) is 0 Å². The molecule has 0 aliphatic heterocycles. The van der Waals surface area contributed by atoms with E-state index in [1.54, 1.807) is 0 Å². The van der Waals surface area contributed by atoms with Crippen LogP contribution >= 0.6 is 11.6 Å². The Morgan fingerprint density at radius 3 is 2.41 bits per heavy atom. The summed E-state index contributed by atoms with van der Waals surface area (Å²) in [6, 6.07) is 0. The van der Waals surface area contributed by atoms with Crippen LogP contribution in [0.15, 0.2) is 0 Å². The van der Waals surface area contributed by atoms with Crippen molar-refractivity contribution in [3.63, 3.8) is 0 Å². The van der Waals surface area contributed by atoms with Gasteiger partial charge in [0.1, 0.15) is 0 Å². The molecule has 17 heavy (non-hydrogen) atoms. The normalized spacial score (nSPS) is 31.8. The zero-order valence-electron chi connectivity index (χ0n) is 11.0. The van der Waals surface area contributed by atoms with Crippen molar-refractivity contribution in [1.29, 1.82) is 0 Å². The zero-order valence-corrected chi connectivity index (χ0v) is 11.7. The van der Waals surface area contributed by atoms with Gasteiger partial charge in [0.25, 0.3) is 0 Å². The standard InChI is InChI=1S/C14H24ClNO/c1-3-14(4-2,9-15)16-13(17)12-8-10-5-6-11(12)7-10/h10-12H,3-9H2,1-2H3,(H,16,17). The molecule has 0 aromatic rings. The molecule has 98 valence electrons. The molecule has 2 aliphatic rings. The number of nitrogens with one attached hydrogen (secondary N) is 1. The molecule has 3 unspecified atom stereocenters. The summed E-state index contributed by atoms with van der Waals surface area (Å²) in [5.74, 6) is 2.54. The van der Waals surface area contributed by atoms with Crippen LogP contribution in [0.4, 0.5) is 0 Å². The van der Waals surface area contributed by atoms with E-state index < -0.39 is 0 Å². The van der Waals surface area contributed by atoms with Crippen LogP contribution < -0.4 is 5.32 Å². The lowest BCUT2D eigenvalue weighted by Crippen LogP contribution is -2.51. The van der Waals surface area contributed by atoms with Gasteiger partial charge in [0.2, 0.25) is 5.91 Å². The minimum absolute atomic E-state index is 0.180. The van der Waals surface area contributed by atoms with Gasteiger partial charge in [0.15, 0.2) is 0 Å². The Labute approximate surface area is 109 Å². The molecule has 3 atom stereocenters. The summed E-state index contributed by atoms with van der Waals surface area (Å²) in [5.41, 5.74) is -0.180. The van der Waals surface area contributed by atoms with E-state index in [9.17, 15) is 4.79 Å². The molecule has 1 amide bonds. The van der Waals surface area contributed by atoms with Gasteiger partial charge < -0.3 is 5.32 Å². The maximum Gasteiger partial charge on any atom is 0.223 e. The fraction of sp³-hybridized carbons (Fsp3) is 0.929. The lowest BCUT2D eigenvalue weighted by molar-refractivity contribution is -0.128. The largest absolute Gasteiger partial charge is 0.349 e. The number of carbonyl (C=O) groups excluding carboxylic acids is 1. The number of fused-ring (bicyclic) bond motifs is 2. The smallest absolute Gasteiger partial charge is 0.223 e. The summed E-state index contributed by atoms with van der Waals surface area (Å²) in [6.07, 6.45) is 6.83. The number of rotatable bonds is 5. The van der Waals surface area contributed by atoms with Crippen molar-refractivity contribution in [3.05, 3.63) is 0 Å². The first-order chi connectivity index (χ1) is 8.14. The number of amides is 1. The molecule has 0 saturated heterocycles. The Hall–Kier alpha value is -0.240. The van der Waals surface area contributed by atoms with Crippen LogP contribution in [0.3, 0.4) is 0 Å². The van der Waals surface area contributed by atoms with Crippen molar-refractivity contribution >= 4 is 17.5 Å². The molecule has 2 aliphatic carbocycles.